The lowest BCUT2D eigenvalue weighted by atomic mass is 9.97. The van der Waals surface area contributed by atoms with E-state index in [4.69, 9.17) is 4.74 Å². The number of aryl methyl sites for hydroxylation is 1. The molecule has 0 aromatic heterocycles. The summed E-state index contributed by atoms with van der Waals surface area (Å²) < 4.78 is 5.59. The number of hydrogen-bond donors (Lipinski definition) is 1. The average Bonchev–Trinajstić information content (AvgIpc) is 2.39. The first-order valence-corrected chi connectivity index (χ1v) is 6.55. The Bertz CT molecular complexity index is 307. The van der Waals surface area contributed by atoms with E-state index in [-0.39, 0.29) is 12.1 Å². The fourth-order valence-electron chi connectivity index (χ4n) is 2.23. The van der Waals surface area contributed by atoms with Crippen LogP contribution in [0.3, 0.4) is 0 Å². The van der Waals surface area contributed by atoms with Crippen molar-refractivity contribution in [3.05, 3.63) is 35.4 Å². The third-order valence-corrected chi connectivity index (χ3v) is 3.31. The molecule has 0 heterocycles. The van der Waals surface area contributed by atoms with Gasteiger partial charge >= 0.3 is 0 Å². The summed E-state index contributed by atoms with van der Waals surface area (Å²) in [5.74, 6) is 0. The van der Waals surface area contributed by atoms with E-state index in [9.17, 15) is 0 Å². The first-order chi connectivity index (χ1) is 8.26. The van der Waals surface area contributed by atoms with E-state index in [0.29, 0.717) is 0 Å². The molecule has 0 saturated carbocycles. The molecule has 0 amide bonds. The molecule has 1 aromatic rings. The van der Waals surface area contributed by atoms with E-state index >= 15 is 0 Å². The lowest BCUT2D eigenvalue weighted by Crippen LogP contribution is -2.30. The van der Waals surface area contributed by atoms with Crippen molar-refractivity contribution in [2.75, 3.05) is 14.2 Å². The van der Waals surface area contributed by atoms with Crippen LogP contribution in [0, 0.1) is 0 Å². The van der Waals surface area contributed by atoms with E-state index in [0.717, 1.165) is 19.3 Å². The van der Waals surface area contributed by atoms with E-state index in [1.54, 1.807) is 7.11 Å². The number of nitrogens with one attached hydrogen (secondary N) is 1. The van der Waals surface area contributed by atoms with Gasteiger partial charge in [-0.25, -0.2) is 0 Å². The van der Waals surface area contributed by atoms with E-state index in [2.05, 4.69) is 43.4 Å². The molecule has 0 bridgehead atoms. The van der Waals surface area contributed by atoms with Crippen molar-refractivity contribution in [1.29, 1.82) is 0 Å². The standard InChI is InChI=1S/C15H25NO/c1-5-7-14(17-4)15(16-3)13-10-8-12(6-2)9-11-13/h8-11,14-16H,5-7H2,1-4H3. The zero-order chi connectivity index (χ0) is 12.7. The second-order valence-corrected chi connectivity index (χ2v) is 4.42. The topological polar surface area (TPSA) is 21.3 Å². The molecule has 1 aromatic carbocycles. The van der Waals surface area contributed by atoms with Crippen LogP contribution in [0.2, 0.25) is 0 Å². The summed E-state index contributed by atoms with van der Waals surface area (Å²) >= 11 is 0. The maximum absolute atomic E-state index is 5.59. The zero-order valence-electron chi connectivity index (χ0n) is 11.5. The molecule has 2 atom stereocenters. The van der Waals surface area contributed by atoms with Gasteiger partial charge in [0.15, 0.2) is 0 Å². The monoisotopic (exact) mass is 235 g/mol. The van der Waals surface area contributed by atoms with Crippen molar-refractivity contribution in [2.45, 2.75) is 45.3 Å². The summed E-state index contributed by atoms with van der Waals surface area (Å²) in [5.41, 5.74) is 2.69. The molecule has 1 N–H and O–H groups in total. The van der Waals surface area contributed by atoms with Gasteiger partial charge in [-0.2, -0.15) is 0 Å². The second kappa shape index (κ2) is 7.46. The van der Waals surface area contributed by atoms with Gasteiger partial charge in [0.05, 0.1) is 12.1 Å². The van der Waals surface area contributed by atoms with Crippen LogP contribution in [0.15, 0.2) is 24.3 Å². The Hall–Kier alpha value is -0.860. The van der Waals surface area contributed by atoms with Crippen molar-refractivity contribution >= 4 is 0 Å². The van der Waals surface area contributed by atoms with Gasteiger partial charge in [-0.05, 0) is 31.0 Å². The van der Waals surface area contributed by atoms with Gasteiger partial charge in [0, 0.05) is 7.11 Å². The molecule has 0 fully saturated rings. The molecule has 2 unspecified atom stereocenters. The minimum Gasteiger partial charge on any atom is -0.379 e. The summed E-state index contributed by atoms with van der Waals surface area (Å²) in [4.78, 5) is 0. The molecular formula is C15H25NO. The number of rotatable bonds is 7. The summed E-state index contributed by atoms with van der Waals surface area (Å²) in [7, 11) is 3.80. The Balaban J connectivity index is 2.83. The first kappa shape index (κ1) is 14.2. The quantitative estimate of drug-likeness (QED) is 0.782. The van der Waals surface area contributed by atoms with Crippen LogP contribution in [0.25, 0.3) is 0 Å². The Morgan fingerprint density at radius 2 is 1.82 bits per heavy atom. The van der Waals surface area contributed by atoms with Gasteiger partial charge in [-0.15, -0.1) is 0 Å². The van der Waals surface area contributed by atoms with Crippen LogP contribution in [0.5, 0.6) is 0 Å². The molecule has 96 valence electrons. The fraction of sp³-hybridized carbons (Fsp3) is 0.600. The molecular weight excluding hydrogens is 210 g/mol. The molecule has 0 aliphatic carbocycles. The number of hydrogen-bond acceptors (Lipinski definition) is 2. The third-order valence-electron chi connectivity index (χ3n) is 3.31. The molecule has 0 aliphatic rings. The maximum atomic E-state index is 5.59. The molecule has 17 heavy (non-hydrogen) atoms. The first-order valence-electron chi connectivity index (χ1n) is 6.55. The Kier molecular flexibility index (Phi) is 6.23. The zero-order valence-corrected chi connectivity index (χ0v) is 11.5. The lowest BCUT2D eigenvalue weighted by molar-refractivity contribution is 0.0630. The van der Waals surface area contributed by atoms with Crippen LogP contribution in [0.1, 0.15) is 43.9 Å². The Morgan fingerprint density at radius 1 is 1.18 bits per heavy atom. The Morgan fingerprint density at radius 3 is 2.24 bits per heavy atom. The number of methoxy groups -OCH3 is 1. The summed E-state index contributed by atoms with van der Waals surface area (Å²) in [6, 6.07) is 9.12. The summed E-state index contributed by atoms with van der Waals surface area (Å²) in [5, 5.41) is 3.37. The van der Waals surface area contributed by atoms with Gasteiger partial charge in [0.1, 0.15) is 0 Å². The van der Waals surface area contributed by atoms with Crippen LogP contribution in [-0.2, 0) is 11.2 Å². The van der Waals surface area contributed by atoms with Crippen LogP contribution < -0.4 is 5.32 Å². The van der Waals surface area contributed by atoms with Gasteiger partial charge in [0.25, 0.3) is 0 Å². The Labute approximate surface area is 105 Å². The third kappa shape index (κ3) is 3.83. The normalized spacial score (nSPS) is 14.6. The van der Waals surface area contributed by atoms with Gasteiger partial charge in [-0.3, -0.25) is 0 Å². The summed E-state index contributed by atoms with van der Waals surface area (Å²) in [6.45, 7) is 4.37. The lowest BCUT2D eigenvalue weighted by Gasteiger charge is -2.26. The van der Waals surface area contributed by atoms with Gasteiger partial charge in [0.2, 0.25) is 0 Å². The molecule has 0 spiro atoms. The predicted molar refractivity (Wildman–Crippen MR) is 73.3 cm³/mol. The minimum atomic E-state index is 0.248. The highest BCUT2D eigenvalue weighted by Gasteiger charge is 2.20. The maximum Gasteiger partial charge on any atom is 0.0765 e. The van der Waals surface area contributed by atoms with Gasteiger partial charge < -0.3 is 10.1 Å². The number of ether oxygens (including phenoxy) is 1. The van der Waals surface area contributed by atoms with Crippen molar-refractivity contribution in [1.82, 2.24) is 5.32 Å². The molecule has 1 rings (SSSR count). The molecule has 0 aliphatic heterocycles. The number of benzene rings is 1. The van der Waals surface area contributed by atoms with E-state index in [1.807, 2.05) is 7.05 Å². The predicted octanol–water partition coefficient (Wildman–Crippen LogP) is 3.32. The molecule has 2 nitrogen and oxygen atoms in total. The fourth-order valence-corrected chi connectivity index (χ4v) is 2.23. The van der Waals surface area contributed by atoms with Crippen LogP contribution >= 0.6 is 0 Å². The van der Waals surface area contributed by atoms with Crippen molar-refractivity contribution < 1.29 is 4.74 Å². The van der Waals surface area contributed by atoms with Crippen LogP contribution in [-0.4, -0.2) is 20.3 Å². The van der Waals surface area contributed by atoms with E-state index in [1.165, 1.54) is 11.1 Å². The molecule has 0 saturated heterocycles. The second-order valence-electron chi connectivity index (χ2n) is 4.42. The smallest absolute Gasteiger partial charge is 0.0765 e. The SMILES string of the molecule is CCCC(OC)C(NC)c1ccc(CC)cc1. The van der Waals surface area contributed by atoms with Crippen LogP contribution in [0.4, 0.5) is 0 Å². The number of likely N-dealkylation sites (N-methyl/N-ethyl adjacent to an activating group) is 1. The average molecular weight is 235 g/mol. The van der Waals surface area contributed by atoms with Crippen molar-refractivity contribution in [3.8, 4) is 0 Å². The van der Waals surface area contributed by atoms with Crippen molar-refractivity contribution in [2.24, 2.45) is 0 Å². The highest BCUT2D eigenvalue weighted by Crippen LogP contribution is 2.22. The van der Waals surface area contributed by atoms with Gasteiger partial charge in [-0.1, -0.05) is 44.5 Å². The highest BCUT2D eigenvalue weighted by molar-refractivity contribution is 5.25. The molecule has 2 heteroatoms. The highest BCUT2D eigenvalue weighted by atomic mass is 16.5. The largest absolute Gasteiger partial charge is 0.379 e. The van der Waals surface area contributed by atoms with E-state index < -0.39 is 0 Å². The molecule has 0 radical (unpaired) electrons. The minimum absolute atomic E-state index is 0.248. The van der Waals surface area contributed by atoms with Crippen molar-refractivity contribution in [3.63, 3.8) is 0 Å². The summed E-state index contributed by atoms with van der Waals surface area (Å²) in [6.07, 6.45) is 3.56.